The van der Waals surface area contributed by atoms with Gasteiger partial charge >= 0.3 is 0 Å². The predicted octanol–water partition coefficient (Wildman–Crippen LogP) is 1.10. The smallest absolute Gasteiger partial charge is 0.244 e. The Morgan fingerprint density at radius 3 is 2.15 bits per heavy atom. The lowest BCUT2D eigenvalue weighted by atomic mass is 9.98. The van der Waals surface area contributed by atoms with Gasteiger partial charge in [0.1, 0.15) is 11.2 Å². The minimum atomic E-state index is -0.773. The summed E-state index contributed by atoms with van der Waals surface area (Å²) in [5.41, 5.74) is -1.38. The van der Waals surface area contributed by atoms with Gasteiger partial charge in [0.25, 0.3) is 0 Å². The molecule has 76 valence electrons. The number of amides is 1. The first kappa shape index (κ1) is 10.5. The average molecular weight is 186 g/mol. The molecule has 4 heteroatoms. The lowest BCUT2D eigenvalue weighted by molar-refractivity contribution is -0.206. The highest BCUT2D eigenvalue weighted by Gasteiger charge is 2.53. The van der Waals surface area contributed by atoms with Crippen LogP contribution in [0.25, 0.3) is 0 Å². The third kappa shape index (κ3) is 1.25. The van der Waals surface area contributed by atoms with Crippen molar-refractivity contribution in [3.05, 3.63) is 0 Å². The summed E-state index contributed by atoms with van der Waals surface area (Å²) in [4.78, 5) is 11.6. The highest BCUT2D eigenvalue weighted by atomic mass is 16.5. The van der Waals surface area contributed by atoms with Gasteiger partial charge in [-0.25, -0.2) is 0 Å². The van der Waals surface area contributed by atoms with Crippen LogP contribution in [-0.2, 0) is 4.79 Å². The second-order valence-electron chi connectivity index (χ2n) is 4.02. The van der Waals surface area contributed by atoms with Gasteiger partial charge in [-0.05, 0) is 26.7 Å². The number of hydrogen-bond acceptors (Lipinski definition) is 3. The van der Waals surface area contributed by atoms with E-state index in [1.54, 1.807) is 6.92 Å². The topological polar surface area (TPSA) is 52.6 Å². The predicted molar refractivity (Wildman–Crippen MR) is 49.2 cm³/mol. The molecule has 1 amide bonds. The maximum atomic E-state index is 11.6. The fourth-order valence-corrected chi connectivity index (χ4v) is 1.62. The molecule has 4 nitrogen and oxygen atoms in total. The molecule has 1 rings (SSSR count). The molecule has 13 heavy (non-hydrogen) atoms. The molecule has 2 unspecified atom stereocenters. The van der Waals surface area contributed by atoms with Gasteiger partial charge in [-0.15, -0.1) is 0 Å². The summed E-state index contributed by atoms with van der Waals surface area (Å²) in [6, 6.07) is 0. The molecule has 0 radical (unpaired) electrons. The van der Waals surface area contributed by atoms with E-state index in [0.717, 1.165) is 5.06 Å². The number of hydrogen-bond donors (Lipinski definition) is 2. The van der Waals surface area contributed by atoms with Crippen molar-refractivity contribution in [1.29, 1.82) is 0 Å². The molecule has 0 saturated carbocycles. The SMILES string of the molecule is CCC1(C)NC(=O)C(C)(CC)N1O. The van der Waals surface area contributed by atoms with Crippen LogP contribution in [0.15, 0.2) is 0 Å². The van der Waals surface area contributed by atoms with Crippen molar-refractivity contribution in [3.8, 4) is 0 Å². The van der Waals surface area contributed by atoms with Gasteiger partial charge in [-0.3, -0.25) is 4.79 Å². The Morgan fingerprint density at radius 1 is 1.38 bits per heavy atom. The normalized spacial score (nSPS) is 40.8. The van der Waals surface area contributed by atoms with Crippen molar-refractivity contribution in [2.45, 2.75) is 51.7 Å². The Balaban J connectivity index is 3.00. The molecule has 0 bridgehead atoms. The first-order chi connectivity index (χ1) is 5.90. The number of rotatable bonds is 2. The van der Waals surface area contributed by atoms with E-state index in [4.69, 9.17) is 0 Å². The lowest BCUT2D eigenvalue weighted by Gasteiger charge is -2.34. The zero-order valence-electron chi connectivity index (χ0n) is 8.72. The van der Waals surface area contributed by atoms with E-state index in [1.165, 1.54) is 0 Å². The van der Waals surface area contributed by atoms with Gasteiger partial charge in [0, 0.05) is 0 Å². The number of nitrogens with zero attached hydrogens (tertiary/aromatic N) is 1. The zero-order chi connectivity index (χ0) is 10.3. The van der Waals surface area contributed by atoms with Crippen molar-refractivity contribution >= 4 is 5.91 Å². The van der Waals surface area contributed by atoms with Crippen molar-refractivity contribution in [3.63, 3.8) is 0 Å². The van der Waals surface area contributed by atoms with Gasteiger partial charge in [0.2, 0.25) is 5.91 Å². The van der Waals surface area contributed by atoms with Crippen molar-refractivity contribution in [2.75, 3.05) is 0 Å². The molecular formula is C9H18N2O2. The lowest BCUT2D eigenvalue weighted by Crippen LogP contribution is -2.51. The van der Waals surface area contributed by atoms with Crippen LogP contribution in [0.4, 0.5) is 0 Å². The summed E-state index contributed by atoms with van der Waals surface area (Å²) >= 11 is 0. The Morgan fingerprint density at radius 2 is 1.92 bits per heavy atom. The van der Waals surface area contributed by atoms with E-state index >= 15 is 0 Å². The molecule has 1 heterocycles. The summed E-state index contributed by atoms with van der Waals surface area (Å²) in [6.07, 6.45) is 1.29. The fraction of sp³-hybridized carbons (Fsp3) is 0.889. The highest BCUT2D eigenvalue weighted by molar-refractivity contribution is 5.88. The van der Waals surface area contributed by atoms with Crippen LogP contribution in [0.1, 0.15) is 40.5 Å². The van der Waals surface area contributed by atoms with Gasteiger partial charge in [-0.2, -0.15) is 5.06 Å². The molecule has 1 aliphatic rings. The Bertz CT molecular complexity index is 232. The fourth-order valence-electron chi connectivity index (χ4n) is 1.62. The van der Waals surface area contributed by atoms with Gasteiger partial charge < -0.3 is 10.5 Å². The van der Waals surface area contributed by atoms with Gasteiger partial charge in [0.05, 0.1) is 0 Å². The molecule has 1 aliphatic heterocycles. The van der Waals surface area contributed by atoms with E-state index in [2.05, 4.69) is 5.32 Å². The Labute approximate surface area is 78.9 Å². The van der Waals surface area contributed by atoms with E-state index < -0.39 is 11.2 Å². The molecule has 2 atom stereocenters. The summed E-state index contributed by atoms with van der Waals surface area (Å²) in [6.45, 7) is 7.41. The summed E-state index contributed by atoms with van der Waals surface area (Å²) in [5, 5.41) is 13.9. The second-order valence-corrected chi connectivity index (χ2v) is 4.02. The standard InChI is InChI=1S/C9H18N2O2/c1-5-8(3)7(12)10-9(4,6-2)11(8)13/h13H,5-6H2,1-4H3,(H,10,12). The molecule has 0 aliphatic carbocycles. The zero-order valence-corrected chi connectivity index (χ0v) is 8.72. The maximum Gasteiger partial charge on any atom is 0.244 e. The van der Waals surface area contributed by atoms with Crippen LogP contribution in [0.5, 0.6) is 0 Å². The minimum absolute atomic E-state index is 0.0955. The molecule has 0 aromatic carbocycles. The van der Waals surface area contributed by atoms with Crippen LogP contribution in [0, 0.1) is 0 Å². The molecule has 2 N–H and O–H groups in total. The van der Waals surface area contributed by atoms with Crippen molar-refractivity contribution in [1.82, 2.24) is 10.4 Å². The van der Waals surface area contributed by atoms with Crippen LogP contribution < -0.4 is 5.32 Å². The maximum absolute atomic E-state index is 11.6. The van der Waals surface area contributed by atoms with E-state index in [-0.39, 0.29) is 5.91 Å². The largest absolute Gasteiger partial charge is 0.334 e. The first-order valence-electron chi connectivity index (χ1n) is 4.72. The molecular weight excluding hydrogens is 168 g/mol. The van der Waals surface area contributed by atoms with E-state index in [9.17, 15) is 10.0 Å². The van der Waals surface area contributed by atoms with Crippen molar-refractivity contribution < 1.29 is 10.0 Å². The Hall–Kier alpha value is -0.610. The third-order valence-corrected chi connectivity index (χ3v) is 3.18. The van der Waals surface area contributed by atoms with Crippen LogP contribution in [0.2, 0.25) is 0 Å². The van der Waals surface area contributed by atoms with Gasteiger partial charge in [-0.1, -0.05) is 13.8 Å². The van der Waals surface area contributed by atoms with E-state index in [0.29, 0.717) is 12.8 Å². The minimum Gasteiger partial charge on any atom is -0.334 e. The van der Waals surface area contributed by atoms with Gasteiger partial charge in [0.15, 0.2) is 0 Å². The molecule has 0 aromatic rings. The quantitative estimate of drug-likeness (QED) is 0.679. The summed E-state index contributed by atoms with van der Waals surface area (Å²) in [5.74, 6) is -0.0955. The highest BCUT2D eigenvalue weighted by Crippen LogP contribution is 2.33. The molecule has 0 spiro atoms. The number of nitrogens with one attached hydrogen (secondary N) is 1. The second kappa shape index (κ2) is 2.96. The number of carbonyl (C=O) groups is 1. The Kier molecular flexibility index (Phi) is 2.38. The van der Waals surface area contributed by atoms with Crippen LogP contribution >= 0.6 is 0 Å². The number of hydroxylamine groups is 2. The van der Waals surface area contributed by atoms with Crippen LogP contribution in [-0.4, -0.2) is 27.4 Å². The molecule has 1 saturated heterocycles. The molecule has 1 fully saturated rings. The van der Waals surface area contributed by atoms with Crippen molar-refractivity contribution in [2.24, 2.45) is 0 Å². The molecule has 0 aromatic heterocycles. The van der Waals surface area contributed by atoms with E-state index in [1.807, 2.05) is 20.8 Å². The summed E-state index contributed by atoms with van der Waals surface area (Å²) in [7, 11) is 0. The monoisotopic (exact) mass is 186 g/mol. The first-order valence-corrected chi connectivity index (χ1v) is 4.72. The number of carbonyl (C=O) groups excluding carboxylic acids is 1. The average Bonchev–Trinajstić information content (AvgIpc) is 2.29. The summed E-state index contributed by atoms with van der Waals surface area (Å²) < 4.78 is 0. The van der Waals surface area contributed by atoms with Crippen LogP contribution in [0.3, 0.4) is 0 Å². The third-order valence-electron chi connectivity index (χ3n) is 3.18.